The van der Waals surface area contributed by atoms with Gasteiger partial charge in [-0.2, -0.15) is 5.10 Å². The molecule has 0 bridgehead atoms. The van der Waals surface area contributed by atoms with Crippen LogP contribution >= 0.6 is 0 Å². The van der Waals surface area contributed by atoms with E-state index < -0.39 is 0 Å². The summed E-state index contributed by atoms with van der Waals surface area (Å²) in [5.41, 5.74) is 1.02. The molecule has 1 heterocycles. The van der Waals surface area contributed by atoms with Gasteiger partial charge in [-0.15, -0.1) is 0 Å². The van der Waals surface area contributed by atoms with E-state index in [0.717, 1.165) is 18.7 Å². The normalized spacial score (nSPS) is 13.2. The Morgan fingerprint density at radius 3 is 2.85 bits per heavy atom. The first-order valence-corrected chi connectivity index (χ1v) is 4.90. The Labute approximate surface area is 79.7 Å². The lowest BCUT2D eigenvalue weighted by Gasteiger charge is -2.08. The van der Waals surface area contributed by atoms with E-state index in [4.69, 9.17) is 4.74 Å². The van der Waals surface area contributed by atoms with Gasteiger partial charge in [0.15, 0.2) is 0 Å². The standard InChI is InChI=1S/C10H18N2O/c1-4-9(3)13-8-10-6-7-12(5-2)11-10/h6-7,9H,4-5,8H2,1-3H3. The van der Waals surface area contributed by atoms with Gasteiger partial charge in [0.25, 0.3) is 0 Å². The Kier molecular flexibility index (Phi) is 3.96. The molecule has 0 aliphatic heterocycles. The van der Waals surface area contributed by atoms with Crippen LogP contribution in [-0.2, 0) is 17.9 Å². The Balaban J connectivity index is 2.36. The van der Waals surface area contributed by atoms with Crippen molar-refractivity contribution in [1.29, 1.82) is 0 Å². The van der Waals surface area contributed by atoms with Gasteiger partial charge in [-0.05, 0) is 26.3 Å². The molecule has 0 amide bonds. The highest BCUT2D eigenvalue weighted by Gasteiger charge is 2.01. The highest BCUT2D eigenvalue weighted by Crippen LogP contribution is 2.03. The molecule has 1 aromatic rings. The van der Waals surface area contributed by atoms with Gasteiger partial charge in [0.2, 0.25) is 0 Å². The van der Waals surface area contributed by atoms with Crippen molar-refractivity contribution < 1.29 is 4.74 Å². The number of aromatic nitrogens is 2. The first kappa shape index (κ1) is 10.3. The molecular formula is C10H18N2O. The quantitative estimate of drug-likeness (QED) is 0.698. The maximum Gasteiger partial charge on any atom is 0.0910 e. The van der Waals surface area contributed by atoms with Crippen molar-refractivity contribution in [3.8, 4) is 0 Å². The van der Waals surface area contributed by atoms with Crippen LogP contribution in [0.5, 0.6) is 0 Å². The van der Waals surface area contributed by atoms with Crippen LogP contribution in [0.3, 0.4) is 0 Å². The van der Waals surface area contributed by atoms with E-state index in [1.807, 2.05) is 16.9 Å². The zero-order valence-electron chi connectivity index (χ0n) is 8.66. The van der Waals surface area contributed by atoms with Gasteiger partial charge >= 0.3 is 0 Å². The Morgan fingerprint density at radius 2 is 2.31 bits per heavy atom. The third-order valence-corrected chi connectivity index (χ3v) is 2.11. The molecule has 0 radical (unpaired) electrons. The molecule has 3 nitrogen and oxygen atoms in total. The largest absolute Gasteiger partial charge is 0.372 e. The minimum atomic E-state index is 0.326. The number of hydrogen-bond acceptors (Lipinski definition) is 2. The van der Waals surface area contributed by atoms with E-state index in [-0.39, 0.29) is 0 Å². The third-order valence-electron chi connectivity index (χ3n) is 2.11. The van der Waals surface area contributed by atoms with Gasteiger partial charge < -0.3 is 4.74 Å². The highest BCUT2D eigenvalue weighted by molar-refractivity contribution is 4.96. The second-order valence-corrected chi connectivity index (χ2v) is 3.19. The summed E-state index contributed by atoms with van der Waals surface area (Å²) in [6.45, 7) is 7.82. The van der Waals surface area contributed by atoms with Crippen LogP contribution in [0.4, 0.5) is 0 Å². The minimum Gasteiger partial charge on any atom is -0.372 e. The van der Waals surface area contributed by atoms with E-state index in [0.29, 0.717) is 12.7 Å². The number of aryl methyl sites for hydroxylation is 1. The topological polar surface area (TPSA) is 27.1 Å². The van der Waals surface area contributed by atoms with E-state index in [1.54, 1.807) is 0 Å². The predicted molar refractivity (Wildman–Crippen MR) is 52.4 cm³/mol. The smallest absolute Gasteiger partial charge is 0.0910 e. The average Bonchev–Trinajstić information content (AvgIpc) is 2.61. The monoisotopic (exact) mass is 182 g/mol. The summed E-state index contributed by atoms with van der Waals surface area (Å²) in [6, 6.07) is 2.01. The van der Waals surface area contributed by atoms with E-state index >= 15 is 0 Å². The fourth-order valence-electron chi connectivity index (χ4n) is 1.00. The molecule has 0 aliphatic rings. The number of nitrogens with zero attached hydrogens (tertiary/aromatic N) is 2. The van der Waals surface area contributed by atoms with Crippen molar-refractivity contribution in [2.45, 2.75) is 46.4 Å². The molecule has 0 spiro atoms. The molecule has 0 saturated heterocycles. The second-order valence-electron chi connectivity index (χ2n) is 3.19. The summed E-state index contributed by atoms with van der Waals surface area (Å²) in [5, 5.41) is 4.33. The molecular weight excluding hydrogens is 164 g/mol. The molecule has 1 unspecified atom stereocenters. The molecule has 0 saturated carbocycles. The maximum atomic E-state index is 5.56. The molecule has 3 heteroatoms. The predicted octanol–water partition coefficient (Wildman–Crippen LogP) is 2.22. The first-order chi connectivity index (χ1) is 6.26. The third kappa shape index (κ3) is 3.19. The van der Waals surface area contributed by atoms with Crippen LogP contribution < -0.4 is 0 Å². The lowest BCUT2D eigenvalue weighted by atomic mass is 10.3. The summed E-state index contributed by atoms with van der Waals surface area (Å²) >= 11 is 0. The van der Waals surface area contributed by atoms with Crippen LogP contribution in [-0.4, -0.2) is 15.9 Å². The van der Waals surface area contributed by atoms with E-state index in [9.17, 15) is 0 Å². The number of hydrogen-bond donors (Lipinski definition) is 0. The van der Waals surface area contributed by atoms with Crippen LogP contribution in [0, 0.1) is 0 Å². The van der Waals surface area contributed by atoms with Crippen molar-refractivity contribution in [2.75, 3.05) is 0 Å². The van der Waals surface area contributed by atoms with Gasteiger partial charge in [0, 0.05) is 12.7 Å². The van der Waals surface area contributed by atoms with Gasteiger partial charge in [-0.1, -0.05) is 6.92 Å². The molecule has 0 N–H and O–H groups in total. The summed E-state index contributed by atoms with van der Waals surface area (Å²) in [7, 11) is 0. The molecule has 13 heavy (non-hydrogen) atoms. The van der Waals surface area contributed by atoms with Crippen LogP contribution in [0.2, 0.25) is 0 Å². The summed E-state index contributed by atoms with van der Waals surface area (Å²) < 4.78 is 7.47. The summed E-state index contributed by atoms with van der Waals surface area (Å²) in [5.74, 6) is 0. The van der Waals surface area contributed by atoms with Gasteiger partial charge in [0.1, 0.15) is 0 Å². The molecule has 0 aliphatic carbocycles. The lowest BCUT2D eigenvalue weighted by molar-refractivity contribution is 0.0486. The van der Waals surface area contributed by atoms with Crippen LogP contribution in [0.25, 0.3) is 0 Å². The van der Waals surface area contributed by atoms with Gasteiger partial charge in [-0.25, -0.2) is 0 Å². The van der Waals surface area contributed by atoms with Crippen LogP contribution in [0.1, 0.15) is 32.9 Å². The zero-order valence-corrected chi connectivity index (χ0v) is 8.66. The Hall–Kier alpha value is -0.830. The molecule has 1 rings (SSSR count). The van der Waals surface area contributed by atoms with Crippen molar-refractivity contribution >= 4 is 0 Å². The lowest BCUT2D eigenvalue weighted by Crippen LogP contribution is -2.06. The second kappa shape index (κ2) is 5.02. The van der Waals surface area contributed by atoms with Crippen molar-refractivity contribution in [1.82, 2.24) is 9.78 Å². The summed E-state index contributed by atoms with van der Waals surface area (Å²) in [6.07, 6.45) is 3.36. The Morgan fingerprint density at radius 1 is 1.54 bits per heavy atom. The molecule has 1 atom stereocenters. The van der Waals surface area contributed by atoms with E-state index in [1.165, 1.54) is 0 Å². The van der Waals surface area contributed by atoms with Crippen molar-refractivity contribution in [3.05, 3.63) is 18.0 Å². The Bertz CT molecular complexity index is 245. The first-order valence-electron chi connectivity index (χ1n) is 4.90. The molecule has 0 aromatic carbocycles. The minimum absolute atomic E-state index is 0.326. The van der Waals surface area contributed by atoms with E-state index in [2.05, 4.69) is 25.9 Å². The molecule has 0 fully saturated rings. The maximum absolute atomic E-state index is 5.56. The number of rotatable bonds is 5. The van der Waals surface area contributed by atoms with Crippen molar-refractivity contribution in [2.24, 2.45) is 0 Å². The van der Waals surface area contributed by atoms with Gasteiger partial charge in [-0.3, -0.25) is 4.68 Å². The molecule has 1 aromatic heterocycles. The fraction of sp³-hybridized carbons (Fsp3) is 0.700. The van der Waals surface area contributed by atoms with Crippen molar-refractivity contribution in [3.63, 3.8) is 0 Å². The fourth-order valence-corrected chi connectivity index (χ4v) is 1.00. The zero-order chi connectivity index (χ0) is 9.68. The number of ether oxygens (including phenoxy) is 1. The average molecular weight is 182 g/mol. The van der Waals surface area contributed by atoms with Crippen LogP contribution in [0.15, 0.2) is 12.3 Å². The molecule has 74 valence electrons. The summed E-state index contributed by atoms with van der Waals surface area (Å²) in [4.78, 5) is 0. The SMILES string of the molecule is CCC(C)OCc1ccn(CC)n1. The van der Waals surface area contributed by atoms with Gasteiger partial charge in [0.05, 0.1) is 18.4 Å². The highest BCUT2D eigenvalue weighted by atomic mass is 16.5.